The Bertz CT molecular complexity index is 297. The second-order valence-electron chi connectivity index (χ2n) is 2.58. The van der Waals surface area contributed by atoms with E-state index in [1.165, 1.54) is 0 Å². The number of hydrogen-bond donors (Lipinski definition) is 2. The summed E-state index contributed by atoms with van der Waals surface area (Å²) in [7, 11) is -2.43. The molecule has 5 heteroatoms. The zero-order valence-electron chi connectivity index (χ0n) is 7.30. The summed E-state index contributed by atoms with van der Waals surface area (Å²) < 4.78 is 11.3. The molecule has 0 bridgehead atoms. The smallest absolute Gasteiger partial charge is 0.423 e. The maximum Gasteiger partial charge on any atom is 0.488 e. The Morgan fingerprint density at radius 3 is 2.23 bits per heavy atom. The molecule has 1 rings (SSSR count). The van der Waals surface area contributed by atoms with Crippen molar-refractivity contribution < 1.29 is 14.3 Å². The molecule has 0 saturated carbocycles. The van der Waals surface area contributed by atoms with Crippen molar-refractivity contribution in [3.05, 3.63) is 24.3 Å². The van der Waals surface area contributed by atoms with Gasteiger partial charge in [-0.25, -0.2) is 0 Å². The first-order valence-corrected chi connectivity index (χ1v) is 5.31. The molecule has 0 fully saturated rings. The van der Waals surface area contributed by atoms with E-state index in [2.05, 4.69) is 0 Å². The average molecular weight is 198 g/mol. The Hall–Kier alpha value is -0.645. The van der Waals surface area contributed by atoms with Crippen LogP contribution in [0.3, 0.4) is 0 Å². The predicted molar refractivity (Wildman–Crippen MR) is 53.2 cm³/mol. The van der Waals surface area contributed by atoms with Crippen LogP contribution in [-0.4, -0.2) is 27.1 Å². The van der Waals surface area contributed by atoms with E-state index in [9.17, 15) is 4.21 Å². The Morgan fingerprint density at radius 1 is 1.31 bits per heavy atom. The standard InChI is InChI=1S/C8H11BO3S/c1-2-13(12)8-5-3-7(4-6-8)9(10)11/h3-6,10-11H,2H2,1H3/t13-/m0/s1. The molecule has 70 valence electrons. The molecular formula is C8H11BO3S. The quantitative estimate of drug-likeness (QED) is 0.643. The minimum absolute atomic E-state index is 0.414. The molecule has 1 aromatic rings. The van der Waals surface area contributed by atoms with Crippen molar-refractivity contribution in [1.82, 2.24) is 0 Å². The van der Waals surface area contributed by atoms with Gasteiger partial charge in [0.25, 0.3) is 0 Å². The Kier molecular flexibility index (Phi) is 3.65. The van der Waals surface area contributed by atoms with Gasteiger partial charge < -0.3 is 10.0 Å². The topological polar surface area (TPSA) is 57.5 Å². The Labute approximate surface area is 80.0 Å². The molecule has 1 aromatic carbocycles. The van der Waals surface area contributed by atoms with Gasteiger partial charge in [-0.3, -0.25) is 4.21 Å². The van der Waals surface area contributed by atoms with Gasteiger partial charge in [-0.05, 0) is 17.6 Å². The fourth-order valence-corrected chi connectivity index (χ4v) is 1.73. The second kappa shape index (κ2) is 4.55. The fraction of sp³-hybridized carbons (Fsp3) is 0.250. The van der Waals surface area contributed by atoms with Crippen molar-refractivity contribution in [2.75, 3.05) is 5.75 Å². The minimum Gasteiger partial charge on any atom is -0.423 e. The van der Waals surface area contributed by atoms with E-state index in [0.717, 1.165) is 0 Å². The van der Waals surface area contributed by atoms with Crippen molar-refractivity contribution >= 4 is 23.4 Å². The fourth-order valence-electron chi connectivity index (χ4n) is 0.958. The van der Waals surface area contributed by atoms with Gasteiger partial charge in [-0.2, -0.15) is 0 Å². The van der Waals surface area contributed by atoms with Crippen LogP contribution in [0, 0.1) is 0 Å². The number of benzene rings is 1. The predicted octanol–water partition coefficient (Wildman–Crippen LogP) is -0.506. The first-order valence-electron chi connectivity index (χ1n) is 3.99. The van der Waals surface area contributed by atoms with E-state index in [1.54, 1.807) is 24.3 Å². The van der Waals surface area contributed by atoms with Crippen molar-refractivity contribution in [3.8, 4) is 0 Å². The van der Waals surface area contributed by atoms with Crippen LogP contribution in [0.1, 0.15) is 6.92 Å². The maximum atomic E-state index is 11.3. The lowest BCUT2D eigenvalue weighted by Gasteiger charge is -2.01. The molecule has 0 radical (unpaired) electrons. The van der Waals surface area contributed by atoms with Gasteiger partial charge in [0, 0.05) is 10.6 Å². The summed E-state index contributed by atoms with van der Waals surface area (Å²) in [6.45, 7) is 1.84. The van der Waals surface area contributed by atoms with Crippen molar-refractivity contribution in [3.63, 3.8) is 0 Å². The largest absolute Gasteiger partial charge is 0.488 e. The van der Waals surface area contributed by atoms with Crippen molar-refractivity contribution in [1.29, 1.82) is 0 Å². The van der Waals surface area contributed by atoms with Gasteiger partial charge in [0.2, 0.25) is 0 Å². The summed E-state index contributed by atoms with van der Waals surface area (Å²) in [4.78, 5) is 0.715. The van der Waals surface area contributed by atoms with Crippen LogP contribution in [0.15, 0.2) is 29.2 Å². The SMILES string of the molecule is CC[S@](=O)c1ccc(B(O)O)cc1. The lowest BCUT2D eigenvalue weighted by molar-refractivity contribution is 0.425. The summed E-state index contributed by atoms with van der Waals surface area (Å²) in [5.74, 6) is 0.570. The molecule has 0 aliphatic rings. The monoisotopic (exact) mass is 198 g/mol. The molecular weight excluding hydrogens is 187 g/mol. The molecule has 0 aliphatic carbocycles. The molecule has 0 unspecified atom stereocenters. The highest BCUT2D eigenvalue weighted by Gasteiger charge is 2.10. The molecule has 0 spiro atoms. The zero-order valence-corrected chi connectivity index (χ0v) is 8.12. The lowest BCUT2D eigenvalue weighted by atomic mass is 9.81. The minimum atomic E-state index is -1.45. The molecule has 0 aromatic heterocycles. The summed E-state index contributed by atoms with van der Waals surface area (Å²) in [5.41, 5.74) is 0.414. The highest BCUT2D eigenvalue weighted by molar-refractivity contribution is 7.85. The molecule has 0 amide bonds. The van der Waals surface area contributed by atoms with Gasteiger partial charge in [-0.15, -0.1) is 0 Å². The summed E-state index contributed by atoms with van der Waals surface area (Å²) >= 11 is 0. The molecule has 0 heterocycles. The van der Waals surface area contributed by atoms with E-state index < -0.39 is 17.9 Å². The van der Waals surface area contributed by atoms with E-state index >= 15 is 0 Å². The normalized spacial score (nSPS) is 12.5. The highest BCUT2D eigenvalue weighted by atomic mass is 32.2. The lowest BCUT2D eigenvalue weighted by Crippen LogP contribution is -2.29. The van der Waals surface area contributed by atoms with Gasteiger partial charge >= 0.3 is 7.12 Å². The average Bonchev–Trinajstić information content (AvgIpc) is 2.17. The molecule has 3 nitrogen and oxygen atoms in total. The van der Waals surface area contributed by atoms with Crippen LogP contribution in [0.25, 0.3) is 0 Å². The number of hydrogen-bond acceptors (Lipinski definition) is 3. The van der Waals surface area contributed by atoms with Crippen molar-refractivity contribution in [2.45, 2.75) is 11.8 Å². The van der Waals surface area contributed by atoms with Crippen LogP contribution < -0.4 is 5.46 Å². The van der Waals surface area contributed by atoms with Gasteiger partial charge in [0.05, 0.1) is 10.8 Å². The van der Waals surface area contributed by atoms with Gasteiger partial charge in [0.1, 0.15) is 0 Å². The molecule has 0 saturated heterocycles. The van der Waals surface area contributed by atoms with Gasteiger partial charge in [0.15, 0.2) is 0 Å². The first-order chi connectivity index (χ1) is 6.15. The highest BCUT2D eigenvalue weighted by Crippen LogP contribution is 2.03. The summed E-state index contributed by atoms with van der Waals surface area (Å²) in [6.07, 6.45) is 0. The van der Waals surface area contributed by atoms with Crippen LogP contribution in [0.2, 0.25) is 0 Å². The summed E-state index contributed by atoms with van der Waals surface area (Å²) in [5, 5.41) is 17.6. The van der Waals surface area contributed by atoms with Crippen LogP contribution in [0.4, 0.5) is 0 Å². The summed E-state index contributed by atoms with van der Waals surface area (Å²) in [6, 6.07) is 6.42. The number of rotatable bonds is 3. The van der Waals surface area contributed by atoms with E-state index in [4.69, 9.17) is 10.0 Å². The maximum absolute atomic E-state index is 11.3. The van der Waals surface area contributed by atoms with Gasteiger partial charge in [-0.1, -0.05) is 19.1 Å². The van der Waals surface area contributed by atoms with Crippen LogP contribution >= 0.6 is 0 Å². The third-order valence-electron chi connectivity index (χ3n) is 1.70. The third-order valence-corrected chi connectivity index (χ3v) is 3.03. The van der Waals surface area contributed by atoms with E-state index in [1.807, 2.05) is 6.92 Å². The Balaban J connectivity index is 2.87. The third kappa shape index (κ3) is 2.65. The molecule has 13 heavy (non-hydrogen) atoms. The van der Waals surface area contributed by atoms with Crippen LogP contribution in [-0.2, 0) is 10.8 Å². The Morgan fingerprint density at radius 2 is 1.85 bits per heavy atom. The molecule has 1 atom stereocenters. The van der Waals surface area contributed by atoms with Crippen molar-refractivity contribution in [2.24, 2.45) is 0 Å². The van der Waals surface area contributed by atoms with E-state index in [-0.39, 0.29) is 0 Å². The van der Waals surface area contributed by atoms with E-state index in [0.29, 0.717) is 16.1 Å². The second-order valence-corrected chi connectivity index (χ2v) is 4.32. The molecule has 2 N–H and O–H groups in total. The first kappa shape index (κ1) is 10.4. The molecule has 0 aliphatic heterocycles. The van der Waals surface area contributed by atoms with Crippen LogP contribution in [0.5, 0.6) is 0 Å². The zero-order chi connectivity index (χ0) is 9.84.